The van der Waals surface area contributed by atoms with Crippen molar-refractivity contribution in [2.75, 3.05) is 0 Å². The van der Waals surface area contributed by atoms with Gasteiger partial charge in [-0.3, -0.25) is 0 Å². The molecule has 0 amide bonds. The van der Waals surface area contributed by atoms with Crippen LogP contribution < -0.4 is 4.72 Å². The maximum atomic E-state index is 13.8. The summed E-state index contributed by atoms with van der Waals surface area (Å²) in [6, 6.07) is 6.36. The number of benzene rings is 1. The van der Waals surface area contributed by atoms with Crippen molar-refractivity contribution in [1.82, 2.24) is 4.72 Å². The van der Waals surface area contributed by atoms with Gasteiger partial charge < -0.3 is 5.11 Å². The number of aliphatic hydroxyl groups excluding tert-OH is 1. The van der Waals surface area contributed by atoms with Gasteiger partial charge in [-0.2, -0.15) is 0 Å². The summed E-state index contributed by atoms with van der Waals surface area (Å²) in [7, 11) is -4.00. The fraction of sp³-hybridized carbons (Fsp3) is 0.231. The minimum Gasteiger partial charge on any atom is -0.392 e. The smallest absolute Gasteiger partial charge is 0.244 e. The average Bonchev–Trinajstić information content (AvgIpc) is 2.84. The summed E-state index contributed by atoms with van der Waals surface area (Å²) >= 11 is 7.06. The lowest BCUT2D eigenvalue weighted by Gasteiger charge is -2.13. The highest BCUT2D eigenvalue weighted by atomic mass is 35.5. The molecule has 8 heteroatoms. The molecule has 2 aromatic rings. The Balaban J connectivity index is 2.26. The predicted molar refractivity (Wildman–Crippen MR) is 80.4 cm³/mol. The van der Waals surface area contributed by atoms with Gasteiger partial charge in [0.2, 0.25) is 10.0 Å². The fourth-order valence-corrected chi connectivity index (χ4v) is 4.20. The standard InChI is InChI=1S/C13H13ClFNO3S2/c1-8(11-3-5-13(14)20-11)16-21(18,19)12-4-2-9(7-17)6-10(12)15/h2-6,8,16-17H,7H2,1H3. The van der Waals surface area contributed by atoms with Gasteiger partial charge in [0.1, 0.15) is 10.7 Å². The number of hydrogen-bond acceptors (Lipinski definition) is 4. The molecular weight excluding hydrogens is 337 g/mol. The van der Waals surface area contributed by atoms with Crippen LogP contribution in [0.1, 0.15) is 23.4 Å². The van der Waals surface area contributed by atoms with Crippen LogP contribution in [0.15, 0.2) is 35.2 Å². The van der Waals surface area contributed by atoms with Crippen molar-refractivity contribution in [2.45, 2.75) is 24.5 Å². The van der Waals surface area contributed by atoms with E-state index in [-0.39, 0.29) is 6.61 Å². The highest BCUT2D eigenvalue weighted by Gasteiger charge is 2.22. The van der Waals surface area contributed by atoms with E-state index in [2.05, 4.69) is 4.72 Å². The minimum absolute atomic E-state index is 0.310. The summed E-state index contributed by atoms with van der Waals surface area (Å²) < 4.78 is 41.2. The molecule has 0 aliphatic rings. The Morgan fingerprint density at radius 3 is 2.62 bits per heavy atom. The molecule has 21 heavy (non-hydrogen) atoms. The van der Waals surface area contributed by atoms with Gasteiger partial charge in [-0.15, -0.1) is 11.3 Å². The Morgan fingerprint density at radius 1 is 1.38 bits per heavy atom. The quantitative estimate of drug-likeness (QED) is 0.871. The SMILES string of the molecule is CC(NS(=O)(=O)c1ccc(CO)cc1F)c1ccc(Cl)s1. The zero-order valence-electron chi connectivity index (χ0n) is 11.0. The van der Waals surface area contributed by atoms with Crippen LogP contribution >= 0.6 is 22.9 Å². The Hall–Kier alpha value is -0.990. The molecule has 0 aliphatic carbocycles. The first-order valence-corrected chi connectivity index (χ1v) is 8.68. The van der Waals surface area contributed by atoms with Crippen molar-refractivity contribution >= 4 is 33.0 Å². The molecule has 1 unspecified atom stereocenters. The van der Waals surface area contributed by atoms with Crippen molar-refractivity contribution in [3.8, 4) is 0 Å². The van der Waals surface area contributed by atoms with Crippen LogP contribution in [0.4, 0.5) is 4.39 Å². The highest BCUT2D eigenvalue weighted by Crippen LogP contribution is 2.28. The van der Waals surface area contributed by atoms with Crippen molar-refractivity contribution in [1.29, 1.82) is 0 Å². The highest BCUT2D eigenvalue weighted by molar-refractivity contribution is 7.89. The molecule has 2 rings (SSSR count). The average molecular weight is 350 g/mol. The Bertz CT molecular complexity index is 746. The van der Waals surface area contributed by atoms with E-state index in [0.29, 0.717) is 9.90 Å². The molecule has 0 aliphatic heterocycles. The largest absolute Gasteiger partial charge is 0.392 e. The lowest BCUT2D eigenvalue weighted by atomic mass is 10.2. The van der Waals surface area contributed by atoms with Crippen LogP contribution in [0.2, 0.25) is 4.34 Å². The molecule has 1 heterocycles. The number of rotatable bonds is 5. The van der Waals surface area contributed by atoms with E-state index in [9.17, 15) is 12.8 Å². The van der Waals surface area contributed by atoms with Crippen LogP contribution in [0.25, 0.3) is 0 Å². The van der Waals surface area contributed by atoms with E-state index < -0.39 is 26.8 Å². The van der Waals surface area contributed by atoms with Gasteiger partial charge in [0.25, 0.3) is 0 Å². The Morgan fingerprint density at radius 2 is 2.10 bits per heavy atom. The zero-order valence-corrected chi connectivity index (χ0v) is 13.4. The number of thiophene rings is 1. The molecule has 0 spiro atoms. The second kappa shape index (κ2) is 6.41. The van der Waals surface area contributed by atoms with E-state index in [1.54, 1.807) is 19.1 Å². The van der Waals surface area contributed by atoms with Crippen LogP contribution in [0.5, 0.6) is 0 Å². The molecule has 0 radical (unpaired) electrons. The minimum atomic E-state index is -4.00. The van der Waals surface area contributed by atoms with Crippen molar-refractivity contribution in [3.63, 3.8) is 0 Å². The van der Waals surface area contributed by atoms with Crippen LogP contribution in [-0.4, -0.2) is 13.5 Å². The van der Waals surface area contributed by atoms with E-state index in [1.165, 1.54) is 17.4 Å². The summed E-state index contributed by atoms with van der Waals surface area (Å²) in [6.45, 7) is 1.30. The van der Waals surface area contributed by atoms with Crippen molar-refractivity contribution in [3.05, 3.63) is 50.9 Å². The molecular formula is C13H13ClFNO3S2. The van der Waals surface area contributed by atoms with Gasteiger partial charge in [-0.1, -0.05) is 17.7 Å². The number of nitrogens with one attached hydrogen (secondary N) is 1. The second-order valence-electron chi connectivity index (χ2n) is 4.41. The molecule has 0 fully saturated rings. The molecule has 114 valence electrons. The third-order valence-electron chi connectivity index (χ3n) is 2.82. The third-order valence-corrected chi connectivity index (χ3v) is 5.81. The first kappa shape index (κ1) is 16.4. The summed E-state index contributed by atoms with van der Waals surface area (Å²) in [4.78, 5) is 0.283. The maximum absolute atomic E-state index is 13.8. The summed E-state index contributed by atoms with van der Waals surface area (Å²) in [5.74, 6) is -0.898. The fourth-order valence-electron chi connectivity index (χ4n) is 1.78. The van der Waals surface area contributed by atoms with Crippen LogP contribution in [-0.2, 0) is 16.6 Å². The maximum Gasteiger partial charge on any atom is 0.244 e. The first-order chi connectivity index (χ1) is 9.83. The van der Waals surface area contributed by atoms with E-state index in [0.717, 1.165) is 17.0 Å². The Kier molecular flexibility index (Phi) is 5.00. The summed E-state index contributed by atoms with van der Waals surface area (Å²) in [6.07, 6.45) is 0. The third kappa shape index (κ3) is 3.81. The molecule has 0 saturated carbocycles. The lowest BCUT2D eigenvalue weighted by molar-refractivity contribution is 0.281. The molecule has 1 aromatic heterocycles. The second-order valence-corrected chi connectivity index (χ2v) is 7.84. The van der Waals surface area contributed by atoms with Gasteiger partial charge >= 0.3 is 0 Å². The van der Waals surface area contributed by atoms with Gasteiger partial charge in [0, 0.05) is 4.88 Å². The summed E-state index contributed by atoms with van der Waals surface area (Å²) in [5, 5.41) is 8.91. The van der Waals surface area contributed by atoms with E-state index in [1.807, 2.05) is 0 Å². The molecule has 1 atom stereocenters. The Labute approximate surface area is 131 Å². The zero-order chi connectivity index (χ0) is 15.6. The normalized spacial score (nSPS) is 13.3. The van der Waals surface area contributed by atoms with Crippen molar-refractivity contribution < 1.29 is 17.9 Å². The molecule has 0 bridgehead atoms. The first-order valence-electron chi connectivity index (χ1n) is 6.00. The molecule has 1 aromatic carbocycles. The number of hydrogen-bond donors (Lipinski definition) is 2. The monoisotopic (exact) mass is 349 g/mol. The number of aliphatic hydroxyl groups is 1. The summed E-state index contributed by atoms with van der Waals surface area (Å²) in [5.41, 5.74) is 0.310. The van der Waals surface area contributed by atoms with Gasteiger partial charge in [-0.25, -0.2) is 17.5 Å². The van der Waals surface area contributed by atoms with E-state index >= 15 is 0 Å². The van der Waals surface area contributed by atoms with Crippen molar-refractivity contribution in [2.24, 2.45) is 0 Å². The van der Waals surface area contributed by atoms with Crippen LogP contribution in [0, 0.1) is 5.82 Å². The van der Waals surface area contributed by atoms with E-state index in [4.69, 9.17) is 16.7 Å². The van der Waals surface area contributed by atoms with Gasteiger partial charge in [0.15, 0.2) is 0 Å². The number of halogens is 2. The van der Waals surface area contributed by atoms with Crippen LogP contribution in [0.3, 0.4) is 0 Å². The molecule has 2 N–H and O–H groups in total. The topological polar surface area (TPSA) is 66.4 Å². The number of sulfonamides is 1. The lowest BCUT2D eigenvalue weighted by Crippen LogP contribution is -2.27. The van der Waals surface area contributed by atoms with Gasteiger partial charge in [-0.05, 0) is 36.8 Å². The predicted octanol–water partition coefficient (Wildman–Crippen LogP) is 3.07. The van der Waals surface area contributed by atoms with Gasteiger partial charge in [0.05, 0.1) is 17.0 Å². The molecule has 0 saturated heterocycles. The molecule has 4 nitrogen and oxygen atoms in total.